The van der Waals surface area contributed by atoms with Gasteiger partial charge in [0.25, 0.3) is 0 Å². The van der Waals surface area contributed by atoms with Gasteiger partial charge in [0, 0.05) is 33.2 Å². The van der Waals surface area contributed by atoms with Crippen molar-refractivity contribution in [3.05, 3.63) is 62.6 Å². The third-order valence-corrected chi connectivity index (χ3v) is 15.5. The zero-order valence-corrected chi connectivity index (χ0v) is 26.6. The highest BCUT2D eigenvalue weighted by atomic mass is 127. The molecule has 1 saturated carbocycles. The number of anilines is 1. The number of nitrogens with one attached hydrogen (secondary N) is 1. The van der Waals surface area contributed by atoms with Crippen molar-refractivity contribution in [1.82, 2.24) is 9.97 Å². The Morgan fingerprint density at radius 2 is 1.84 bits per heavy atom. The Labute approximate surface area is 238 Å². The van der Waals surface area contributed by atoms with Gasteiger partial charge < -0.3 is 4.43 Å². The fourth-order valence-corrected chi connectivity index (χ4v) is 7.38. The Bertz CT molecular complexity index is 1490. The molecule has 0 spiro atoms. The number of aryl methyl sites for hydroxylation is 1. The van der Waals surface area contributed by atoms with Crippen molar-refractivity contribution < 1.29 is 21.6 Å². The van der Waals surface area contributed by atoms with E-state index in [-0.39, 0.29) is 33.8 Å². The van der Waals surface area contributed by atoms with Gasteiger partial charge in [-0.25, -0.2) is 27.2 Å². The normalized spacial score (nSPS) is 15.6. The SMILES string of the molecule is Cc1ncnc2c(F)c(Cc3ccc(I)cc3F)c(NS(=O)(=O)C3(CCO[Si](C)(C)C(C)(C)C)CC3)cc12. The highest BCUT2D eigenvalue weighted by Gasteiger charge is 2.54. The van der Waals surface area contributed by atoms with E-state index in [9.17, 15) is 12.8 Å². The van der Waals surface area contributed by atoms with Crippen molar-refractivity contribution in [3.8, 4) is 0 Å². The summed E-state index contributed by atoms with van der Waals surface area (Å²) in [6, 6.07) is 6.25. The molecule has 4 rings (SSSR count). The summed E-state index contributed by atoms with van der Waals surface area (Å²) in [4.78, 5) is 8.23. The Morgan fingerprint density at radius 3 is 2.45 bits per heavy atom. The van der Waals surface area contributed by atoms with E-state index in [4.69, 9.17) is 4.43 Å². The zero-order chi connectivity index (χ0) is 28.1. The molecule has 3 aromatic rings. The van der Waals surface area contributed by atoms with Gasteiger partial charge in [0.15, 0.2) is 14.1 Å². The number of hydrogen-bond acceptors (Lipinski definition) is 5. The molecule has 1 aliphatic carbocycles. The van der Waals surface area contributed by atoms with Crippen molar-refractivity contribution in [1.29, 1.82) is 0 Å². The molecule has 0 unspecified atom stereocenters. The average molecular weight is 674 g/mol. The van der Waals surface area contributed by atoms with Crippen LogP contribution < -0.4 is 4.72 Å². The van der Waals surface area contributed by atoms with E-state index in [1.807, 2.05) is 22.6 Å². The molecule has 1 fully saturated rings. The first-order chi connectivity index (χ1) is 17.6. The van der Waals surface area contributed by atoms with Crippen LogP contribution in [0.25, 0.3) is 10.9 Å². The monoisotopic (exact) mass is 673 g/mol. The van der Waals surface area contributed by atoms with Crippen LogP contribution >= 0.6 is 22.6 Å². The first-order valence-corrected chi connectivity index (χ1v) is 18.1. The second-order valence-electron chi connectivity index (χ2n) is 11.6. The largest absolute Gasteiger partial charge is 0.417 e. The highest BCUT2D eigenvalue weighted by molar-refractivity contribution is 14.1. The summed E-state index contributed by atoms with van der Waals surface area (Å²) in [6.07, 6.45) is 2.49. The van der Waals surface area contributed by atoms with Crippen LogP contribution in [0, 0.1) is 22.1 Å². The molecule has 11 heteroatoms. The average Bonchev–Trinajstić information content (AvgIpc) is 3.59. The number of nitrogens with zero attached hydrogens (tertiary/aromatic N) is 2. The number of hydrogen-bond donors (Lipinski definition) is 1. The van der Waals surface area contributed by atoms with E-state index in [1.165, 1.54) is 12.4 Å². The first-order valence-electron chi connectivity index (χ1n) is 12.6. The van der Waals surface area contributed by atoms with Crippen LogP contribution in [0.5, 0.6) is 0 Å². The number of fused-ring (bicyclic) bond motifs is 1. The van der Waals surface area contributed by atoms with Gasteiger partial charge in [-0.2, -0.15) is 0 Å². The van der Waals surface area contributed by atoms with Gasteiger partial charge in [-0.3, -0.25) is 4.72 Å². The lowest BCUT2D eigenvalue weighted by Gasteiger charge is -2.36. The van der Waals surface area contributed by atoms with Gasteiger partial charge in [-0.05, 0) is 90.7 Å². The van der Waals surface area contributed by atoms with Crippen LogP contribution in [0.4, 0.5) is 14.5 Å². The molecule has 0 atom stereocenters. The molecular weight excluding hydrogens is 639 g/mol. The lowest BCUT2D eigenvalue weighted by atomic mass is 9.99. The van der Waals surface area contributed by atoms with Gasteiger partial charge in [0.2, 0.25) is 10.0 Å². The minimum absolute atomic E-state index is 0.0169. The Hall–Kier alpha value is -1.70. The zero-order valence-electron chi connectivity index (χ0n) is 22.6. The highest BCUT2D eigenvalue weighted by Crippen LogP contribution is 2.48. The maximum absolute atomic E-state index is 15.9. The third-order valence-electron chi connectivity index (χ3n) is 8.00. The number of benzene rings is 2. The second kappa shape index (κ2) is 10.4. The van der Waals surface area contributed by atoms with E-state index in [0.717, 1.165) is 0 Å². The van der Waals surface area contributed by atoms with Crippen LogP contribution in [0.3, 0.4) is 0 Å². The molecule has 1 N–H and O–H groups in total. The summed E-state index contributed by atoms with van der Waals surface area (Å²) in [5, 5.41) is 0.420. The summed E-state index contributed by atoms with van der Waals surface area (Å²) in [6.45, 7) is 12.8. The van der Waals surface area contributed by atoms with E-state index in [2.05, 4.69) is 48.6 Å². The number of sulfonamides is 1. The fraction of sp³-hybridized carbons (Fsp3) is 0.481. The molecule has 1 aromatic heterocycles. The van der Waals surface area contributed by atoms with Crippen LogP contribution in [0.15, 0.2) is 30.6 Å². The van der Waals surface area contributed by atoms with E-state index in [0.29, 0.717) is 40.5 Å². The molecule has 1 heterocycles. The molecule has 0 amide bonds. The summed E-state index contributed by atoms with van der Waals surface area (Å²) in [7, 11) is -5.93. The number of aromatic nitrogens is 2. The molecule has 6 nitrogen and oxygen atoms in total. The lowest BCUT2D eigenvalue weighted by Crippen LogP contribution is -2.42. The maximum Gasteiger partial charge on any atom is 0.238 e. The summed E-state index contributed by atoms with van der Waals surface area (Å²) >= 11 is 2.00. The lowest BCUT2D eigenvalue weighted by molar-refractivity contribution is 0.277. The second-order valence-corrected chi connectivity index (χ2v) is 19.8. The van der Waals surface area contributed by atoms with E-state index < -0.39 is 34.7 Å². The fourth-order valence-electron chi connectivity index (χ4n) is 4.20. The molecule has 0 radical (unpaired) electrons. The van der Waals surface area contributed by atoms with Crippen molar-refractivity contribution in [2.45, 2.75) is 76.3 Å². The van der Waals surface area contributed by atoms with Gasteiger partial charge in [-0.15, -0.1) is 0 Å². The van der Waals surface area contributed by atoms with E-state index >= 15 is 4.39 Å². The number of rotatable bonds is 9. The minimum atomic E-state index is -3.90. The summed E-state index contributed by atoms with van der Waals surface area (Å²) in [5.74, 6) is -1.17. The maximum atomic E-state index is 15.9. The van der Waals surface area contributed by atoms with Crippen molar-refractivity contribution >= 4 is 57.5 Å². The van der Waals surface area contributed by atoms with Crippen LogP contribution in [-0.4, -0.2) is 38.1 Å². The topological polar surface area (TPSA) is 81.2 Å². The van der Waals surface area contributed by atoms with Crippen molar-refractivity contribution in [2.75, 3.05) is 11.3 Å². The Kier molecular flexibility index (Phi) is 7.99. The molecule has 38 heavy (non-hydrogen) atoms. The first kappa shape index (κ1) is 29.3. The molecule has 0 bridgehead atoms. The van der Waals surface area contributed by atoms with E-state index in [1.54, 1.807) is 25.1 Å². The number of halogens is 3. The molecule has 0 saturated heterocycles. The Balaban J connectivity index is 1.68. The third kappa shape index (κ3) is 5.75. The molecule has 0 aliphatic heterocycles. The smallest absolute Gasteiger partial charge is 0.238 e. The van der Waals surface area contributed by atoms with Gasteiger partial charge in [-0.1, -0.05) is 26.8 Å². The van der Waals surface area contributed by atoms with Crippen molar-refractivity contribution in [3.63, 3.8) is 0 Å². The molecule has 206 valence electrons. The van der Waals surface area contributed by atoms with Gasteiger partial charge >= 0.3 is 0 Å². The standard InChI is InChI=1S/C27H34F2IN3O3SSi/c1-17-20-15-23(33-37(34,35)27(9-10-27)11-12-36-38(5,6)26(2,3)4)21(24(29)25(20)32-16-31-17)13-18-7-8-19(30)14-22(18)28/h7-8,14-16,33H,9-13H2,1-6H3. The van der Waals surface area contributed by atoms with Crippen LogP contribution in [0.1, 0.15) is 56.9 Å². The minimum Gasteiger partial charge on any atom is -0.417 e. The molecule has 1 aliphatic rings. The molecular formula is C27H34F2IN3O3SSi. The van der Waals surface area contributed by atoms with Crippen molar-refractivity contribution in [2.24, 2.45) is 0 Å². The molecule has 2 aromatic carbocycles. The van der Waals surface area contributed by atoms with Gasteiger partial charge in [0.05, 0.1) is 10.4 Å². The predicted octanol–water partition coefficient (Wildman–Crippen LogP) is 7.10. The van der Waals surface area contributed by atoms with Crippen LogP contribution in [-0.2, 0) is 20.9 Å². The Morgan fingerprint density at radius 1 is 1.16 bits per heavy atom. The predicted molar refractivity (Wildman–Crippen MR) is 158 cm³/mol. The van der Waals surface area contributed by atoms with Gasteiger partial charge in [0.1, 0.15) is 17.7 Å². The summed E-state index contributed by atoms with van der Waals surface area (Å²) in [5.41, 5.74) is 0.990. The summed E-state index contributed by atoms with van der Waals surface area (Å²) < 4.78 is 66.7. The quantitative estimate of drug-likeness (QED) is 0.194. The van der Waals surface area contributed by atoms with Crippen LogP contribution in [0.2, 0.25) is 18.1 Å².